The van der Waals surface area contributed by atoms with Crippen molar-refractivity contribution in [2.24, 2.45) is 5.92 Å². The first-order valence-electron chi connectivity index (χ1n) is 9.94. The lowest BCUT2D eigenvalue weighted by Gasteiger charge is -2.31. The van der Waals surface area contributed by atoms with Gasteiger partial charge in [-0.1, -0.05) is 6.92 Å². The first-order valence-corrected chi connectivity index (χ1v) is 11.1. The molecule has 2 aliphatic rings. The third-order valence-corrected chi connectivity index (χ3v) is 6.79. The number of rotatable bonds is 7. The third-order valence-electron chi connectivity index (χ3n) is 5.74. The molecule has 0 unspecified atom stereocenters. The van der Waals surface area contributed by atoms with E-state index in [0.29, 0.717) is 19.0 Å². The van der Waals surface area contributed by atoms with Crippen molar-refractivity contribution in [1.29, 1.82) is 0 Å². The number of thioether (sulfide) groups is 1. The topological polar surface area (TPSA) is 67.2 Å². The molecule has 0 aromatic carbocycles. The van der Waals surface area contributed by atoms with E-state index >= 15 is 0 Å². The monoisotopic (exact) mass is 380 g/mol. The highest BCUT2D eigenvalue weighted by Gasteiger charge is 2.22. The van der Waals surface area contributed by atoms with E-state index in [1.165, 1.54) is 24.3 Å². The maximum absolute atomic E-state index is 12.5. The molecule has 2 aliphatic heterocycles. The van der Waals surface area contributed by atoms with Crippen molar-refractivity contribution >= 4 is 17.7 Å². The Morgan fingerprint density at radius 2 is 1.96 bits per heavy atom. The van der Waals surface area contributed by atoms with Gasteiger partial charge in [0, 0.05) is 26.1 Å². The number of likely N-dealkylation sites (tertiary alicyclic amines) is 1. The van der Waals surface area contributed by atoms with Gasteiger partial charge in [0.05, 0.1) is 6.54 Å². The van der Waals surface area contributed by atoms with Gasteiger partial charge in [0.2, 0.25) is 5.91 Å². The Kier molecular flexibility index (Phi) is 7.31. The van der Waals surface area contributed by atoms with Crippen molar-refractivity contribution < 1.29 is 4.79 Å². The molecule has 1 aromatic rings. The summed E-state index contributed by atoms with van der Waals surface area (Å²) in [5, 5.41) is 12.2. The molecule has 1 aromatic heterocycles. The van der Waals surface area contributed by atoms with Gasteiger partial charge in [-0.2, -0.15) is 11.8 Å². The van der Waals surface area contributed by atoms with Gasteiger partial charge in [0.1, 0.15) is 0 Å². The van der Waals surface area contributed by atoms with E-state index in [0.717, 1.165) is 50.6 Å². The van der Waals surface area contributed by atoms with Crippen LogP contribution in [0.2, 0.25) is 0 Å². The van der Waals surface area contributed by atoms with E-state index < -0.39 is 0 Å². The molecule has 146 valence electrons. The Morgan fingerprint density at radius 1 is 1.23 bits per heavy atom. The van der Waals surface area contributed by atoms with Gasteiger partial charge in [-0.05, 0) is 73.0 Å². The number of tetrazole rings is 1. The lowest BCUT2D eigenvalue weighted by Crippen LogP contribution is -2.39. The molecule has 0 atom stereocenters. The molecule has 1 amide bonds. The number of aryl methyl sites for hydroxylation is 1. The summed E-state index contributed by atoms with van der Waals surface area (Å²) in [5.74, 6) is 4.34. The van der Waals surface area contributed by atoms with Crippen molar-refractivity contribution in [3.05, 3.63) is 5.82 Å². The van der Waals surface area contributed by atoms with E-state index in [2.05, 4.69) is 27.3 Å². The number of amides is 1. The summed E-state index contributed by atoms with van der Waals surface area (Å²) in [6.07, 6.45) is 6.11. The van der Waals surface area contributed by atoms with Crippen LogP contribution in [0.25, 0.3) is 0 Å². The number of nitrogens with zero attached hydrogens (tertiary/aromatic N) is 6. The molecule has 0 N–H and O–H groups in total. The van der Waals surface area contributed by atoms with Gasteiger partial charge in [-0.3, -0.25) is 9.69 Å². The Hall–Kier alpha value is -1.15. The highest BCUT2D eigenvalue weighted by Crippen LogP contribution is 2.21. The second-order valence-corrected chi connectivity index (χ2v) is 8.95. The van der Waals surface area contributed by atoms with Gasteiger partial charge in [0.15, 0.2) is 5.82 Å². The summed E-state index contributed by atoms with van der Waals surface area (Å²) in [5.41, 5.74) is 0. The molecule has 0 bridgehead atoms. The highest BCUT2D eigenvalue weighted by atomic mass is 32.2. The average molecular weight is 381 g/mol. The van der Waals surface area contributed by atoms with Crippen LogP contribution in [0, 0.1) is 5.92 Å². The summed E-state index contributed by atoms with van der Waals surface area (Å²) >= 11 is 1.99. The Balaban J connectivity index is 1.42. The van der Waals surface area contributed by atoms with Gasteiger partial charge in [-0.15, -0.1) is 5.10 Å². The molecule has 7 nitrogen and oxygen atoms in total. The fraction of sp³-hybridized carbons (Fsp3) is 0.889. The molecule has 2 saturated heterocycles. The van der Waals surface area contributed by atoms with Crippen molar-refractivity contribution in [3.8, 4) is 0 Å². The predicted molar refractivity (Wildman–Crippen MR) is 104 cm³/mol. The molecule has 0 saturated carbocycles. The smallest absolute Gasteiger partial charge is 0.222 e. The van der Waals surface area contributed by atoms with Crippen LogP contribution >= 0.6 is 11.8 Å². The van der Waals surface area contributed by atoms with Crippen LogP contribution in [0.3, 0.4) is 0 Å². The third kappa shape index (κ3) is 5.42. The van der Waals surface area contributed by atoms with Crippen LogP contribution in [-0.4, -0.2) is 73.6 Å². The van der Waals surface area contributed by atoms with Gasteiger partial charge >= 0.3 is 0 Å². The molecule has 26 heavy (non-hydrogen) atoms. The van der Waals surface area contributed by atoms with Crippen molar-refractivity contribution in [1.82, 2.24) is 30.0 Å². The minimum Gasteiger partial charge on any atom is -0.343 e. The number of carbonyl (C=O) groups is 1. The average Bonchev–Trinajstić information content (AvgIpc) is 3.10. The van der Waals surface area contributed by atoms with Crippen LogP contribution in [0.4, 0.5) is 0 Å². The molecule has 3 rings (SSSR count). The van der Waals surface area contributed by atoms with Crippen molar-refractivity contribution in [2.45, 2.75) is 64.6 Å². The highest BCUT2D eigenvalue weighted by molar-refractivity contribution is 7.99. The standard InChI is InChI=1S/C18H32N6OS/c1-15-5-10-23(11-6-15)14-17-19-20-21-24(17)9-3-4-18(25)22(2)16-7-12-26-13-8-16/h15-16H,3-14H2,1-2H3. The lowest BCUT2D eigenvalue weighted by molar-refractivity contribution is -0.132. The molecule has 2 fully saturated rings. The Labute approximate surface area is 160 Å². The van der Waals surface area contributed by atoms with Crippen molar-refractivity contribution in [2.75, 3.05) is 31.6 Å². The van der Waals surface area contributed by atoms with E-state index in [9.17, 15) is 4.79 Å². The lowest BCUT2D eigenvalue weighted by atomic mass is 9.99. The predicted octanol–water partition coefficient (Wildman–Crippen LogP) is 2.04. The molecule has 0 aliphatic carbocycles. The van der Waals surface area contributed by atoms with E-state index in [-0.39, 0.29) is 5.91 Å². The Bertz CT molecular complexity index is 566. The van der Waals surface area contributed by atoms with Crippen LogP contribution < -0.4 is 0 Å². The fourth-order valence-corrected chi connectivity index (χ4v) is 4.84. The molecule has 8 heteroatoms. The first-order chi connectivity index (χ1) is 12.6. The molecular formula is C18H32N6OS. The summed E-state index contributed by atoms with van der Waals surface area (Å²) in [7, 11) is 1.96. The summed E-state index contributed by atoms with van der Waals surface area (Å²) in [6.45, 7) is 6.09. The summed E-state index contributed by atoms with van der Waals surface area (Å²) in [4.78, 5) is 16.9. The number of piperidine rings is 1. The zero-order valence-electron chi connectivity index (χ0n) is 16.1. The fourth-order valence-electron chi connectivity index (χ4n) is 3.76. The van der Waals surface area contributed by atoms with E-state index in [1.54, 1.807) is 0 Å². The zero-order valence-corrected chi connectivity index (χ0v) is 17.0. The van der Waals surface area contributed by atoms with E-state index in [1.807, 2.05) is 28.4 Å². The molecule has 0 spiro atoms. The number of carbonyl (C=O) groups excluding carboxylic acids is 1. The van der Waals surface area contributed by atoms with Gasteiger partial charge in [0.25, 0.3) is 0 Å². The number of hydrogen-bond acceptors (Lipinski definition) is 6. The second kappa shape index (κ2) is 9.69. The normalized spacial score (nSPS) is 20.4. The minimum absolute atomic E-state index is 0.251. The van der Waals surface area contributed by atoms with Crippen LogP contribution in [-0.2, 0) is 17.9 Å². The van der Waals surface area contributed by atoms with Crippen LogP contribution in [0.5, 0.6) is 0 Å². The van der Waals surface area contributed by atoms with Crippen molar-refractivity contribution in [3.63, 3.8) is 0 Å². The quantitative estimate of drug-likeness (QED) is 0.721. The SMILES string of the molecule is CC1CCN(Cc2nnnn2CCCC(=O)N(C)C2CCSCC2)CC1. The maximum Gasteiger partial charge on any atom is 0.222 e. The summed E-state index contributed by atoms with van der Waals surface area (Å²) in [6, 6.07) is 0.425. The van der Waals surface area contributed by atoms with E-state index in [4.69, 9.17) is 0 Å². The van der Waals surface area contributed by atoms with Gasteiger partial charge in [-0.25, -0.2) is 4.68 Å². The number of aromatic nitrogens is 4. The van der Waals surface area contributed by atoms with Gasteiger partial charge < -0.3 is 4.90 Å². The zero-order chi connectivity index (χ0) is 18.4. The molecule has 3 heterocycles. The first kappa shape index (κ1) is 19.6. The molecule has 0 radical (unpaired) electrons. The Morgan fingerprint density at radius 3 is 2.69 bits per heavy atom. The van der Waals surface area contributed by atoms with Crippen LogP contribution in [0.15, 0.2) is 0 Å². The number of hydrogen-bond donors (Lipinski definition) is 0. The minimum atomic E-state index is 0.251. The summed E-state index contributed by atoms with van der Waals surface area (Å²) < 4.78 is 1.88. The largest absolute Gasteiger partial charge is 0.343 e. The van der Waals surface area contributed by atoms with Crippen LogP contribution in [0.1, 0.15) is 51.3 Å². The second-order valence-electron chi connectivity index (χ2n) is 7.73. The maximum atomic E-state index is 12.5. The molecular weight excluding hydrogens is 348 g/mol.